The molecule has 5 rings (SSSR count). The van der Waals surface area contributed by atoms with Crippen molar-refractivity contribution in [2.75, 3.05) is 11.9 Å². The van der Waals surface area contributed by atoms with Crippen LogP contribution >= 0.6 is 23.1 Å². The number of esters is 1. The number of fused-ring (bicyclic) bond motifs is 1. The standard InChI is InChI=1S/C30H33N5O5S2/c1-5-39-29(38)25-20-9-6-7-11-23(20)42-28(25)32-26(36)19(4)41-30-34-33-24(16-31-27(37)22-10-8-14-40-22)35(30)21-15-17(2)12-13-18(21)3/h8,10,12-15,19H,5-7,9,11,16H2,1-4H3,(H,31,37)(H,32,36). The second kappa shape index (κ2) is 13.0. The van der Waals surface area contributed by atoms with E-state index in [4.69, 9.17) is 9.15 Å². The Labute approximate surface area is 252 Å². The summed E-state index contributed by atoms with van der Waals surface area (Å²) in [7, 11) is 0. The number of nitrogens with one attached hydrogen (secondary N) is 2. The van der Waals surface area contributed by atoms with E-state index in [1.54, 1.807) is 26.0 Å². The summed E-state index contributed by atoms with van der Waals surface area (Å²) in [5.74, 6) is -0.316. The number of nitrogens with zero attached hydrogens (tertiary/aromatic N) is 3. The van der Waals surface area contributed by atoms with Gasteiger partial charge in [0.05, 0.1) is 35.9 Å². The van der Waals surface area contributed by atoms with E-state index in [0.29, 0.717) is 21.5 Å². The molecule has 1 aliphatic carbocycles. The second-order valence-corrected chi connectivity index (χ2v) is 12.5. The van der Waals surface area contributed by atoms with Gasteiger partial charge in [-0.3, -0.25) is 14.2 Å². The molecule has 220 valence electrons. The summed E-state index contributed by atoms with van der Waals surface area (Å²) >= 11 is 2.71. The lowest BCUT2D eigenvalue weighted by Gasteiger charge is -2.16. The van der Waals surface area contributed by atoms with Crippen LogP contribution in [0.25, 0.3) is 5.69 Å². The van der Waals surface area contributed by atoms with Gasteiger partial charge in [0, 0.05) is 4.88 Å². The Morgan fingerprint density at radius 2 is 1.98 bits per heavy atom. The maximum Gasteiger partial charge on any atom is 0.341 e. The van der Waals surface area contributed by atoms with Crippen molar-refractivity contribution in [1.82, 2.24) is 20.1 Å². The fourth-order valence-corrected chi connectivity index (χ4v) is 7.01. The molecule has 3 aromatic heterocycles. The lowest BCUT2D eigenvalue weighted by molar-refractivity contribution is -0.115. The van der Waals surface area contributed by atoms with Crippen LogP contribution in [0.5, 0.6) is 0 Å². The van der Waals surface area contributed by atoms with E-state index in [1.165, 1.54) is 29.4 Å². The number of furan rings is 1. The molecule has 0 radical (unpaired) electrons. The van der Waals surface area contributed by atoms with Gasteiger partial charge in [-0.15, -0.1) is 21.5 Å². The third-order valence-electron chi connectivity index (χ3n) is 7.00. The van der Waals surface area contributed by atoms with Crippen LogP contribution < -0.4 is 10.6 Å². The van der Waals surface area contributed by atoms with Crippen molar-refractivity contribution in [2.45, 2.75) is 70.3 Å². The first-order valence-electron chi connectivity index (χ1n) is 13.9. The highest BCUT2D eigenvalue weighted by atomic mass is 32.2. The molecule has 0 bridgehead atoms. The molecule has 0 fully saturated rings. The minimum absolute atomic E-state index is 0.102. The Kier molecular flexibility index (Phi) is 9.12. The predicted molar refractivity (Wildman–Crippen MR) is 162 cm³/mol. The van der Waals surface area contributed by atoms with Gasteiger partial charge in [-0.05, 0) is 88.3 Å². The van der Waals surface area contributed by atoms with E-state index < -0.39 is 11.2 Å². The topological polar surface area (TPSA) is 128 Å². The summed E-state index contributed by atoms with van der Waals surface area (Å²) in [6, 6.07) is 9.29. The van der Waals surface area contributed by atoms with Crippen molar-refractivity contribution < 1.29 is 23.5 Å². The number of anilines is 1. The van der Waals surface area contributed by atoms with E-state index in [9.17, 15) is 14.4 Å². The fourth-order valence-electron chi connectivity index (χ4n) is 4.85. The summed E-state index contributed by atoms with van der Waals surface area (Å²) in [6.45, 7) is 7.91. The normalized spacial score (nSPS) is 13.3. The summed E-state index contributed by atoms with van der Waals surface area (Å²) in [5.41, 5.74) is 4.37. The molecule has 0 saturated heterocycles. The molecule has 10 nitrogen and oxygen atoms in total. The summed E-state index contributed by atoms with van der Waals surface area (Å²) in [5, 5.41) is 15.1. The Balaban J connectivity index is 1.39. The highest BCUT2D eigenvalue weighted by Crippen LogP contribution is 2.39. The first-order chi connectivity index (χ1) is 20.3. The van der Waals surface area contributed by atoms with Crippen LogP contribution in [0.2, 0.25) is 0 Å². The largest absolute Gasteiger partial charge is 0.462 e. The van der Waals surface area contributed by atoms with Crippen LogP contribution in [0.4, 0.5) is 5.00 Å². The van der Waals surface area contributed by atoms with Gasteiger partial charge < -0.3 is 19.8 Å². The number of ether oxygens (including phenoxy) is 1. The minimum atomic E-state index is -0.571. The third kappa shape index (κ3) is 6.29. The molecular formula is C30H33N5O5S2. The number of aryl methyl sites for hydroxylation is 3. The van der Waals surface area contributed by atoms with Crippen LogP contribution in [0.15, 0.2) is 46.2 Å². The average Bonchev–Trinajstić information content (AvgIpc) is 3.72. The third-order valence-corrected chi connectivity index (χ3v) is 9.25. The van der Waals surface area contributed by atoms with Crippen LogP contribution in [0.1, 0.15) is 75.0 Å². The van der Waals surface area contributed by atoms with Gasteiger partial charge in [0.2, 0.25) is 5.91 Å². The zero-order valence-corrected chi connectivity index (χ0v) is 25.6. The molecule has 0 aliphatic heterocycles. The molecule has 0 saturated carbocycles. The minimum Gasteiger partial charge on any atom is -0.462 e. The van der Waals surface area contributed by atoms with Crippen molar-refractivity contribution >= 4 is 45.9 Å². The summed E-state index contributed by atoms with van der Waals surface area (Å²) < 4.78 is 12.4. The molecule has 1 aromatic carbocycles. The van der Waals surface area contributed by atoms with E-state index in [1.807, 2.05) is 36.6 Å². The number of hydrogen-bond donors (Lipinski definition) is 2. The van der Waals surface area contributed by atoms with Crippen molar-refractivity contribution in [2.24, 2.45) is 0 Å². The zero-order valence-electron chi connectivity index (χ0n) is 24.0. The monoisotopic (exact) mass is 607 g/mol. The first-order valence-corrected chi connectivity index (χ1v) is 15.6. The zero-order chi connectivity index (χ0) is 29.8. The smallest absolute Gasteiger partial charge is 0.341 e. The van der Waals surface area contributed by atoms with Gasteiger partial charge in [-0.1, -0.05) is 23.9 Å². The number of benzene rings is 1. The second-order valence-electron chi connectivity index (χ2n) is 10.1. The van der Waals surface area contributed by atoms with E-state index >= 15 is 0 Å². The first kappa shape index (κ1) is 29.6. The molecule has 1 unspecified atom stereocenters. The van der Waals surface area contributed by atoms with E-state index in [2.05, 4.69) is 20.8 Å². The number of thioether (sulfide) groups is 1. The molecule has 4 aromatic rings. The molecule has 12 heteroatoms. The average molecular weight is 608 g/mol. The summed E-state index contributed by atoms with van der Waals surface area (Å²) in [6.07, 6.45) is 5.21. The maximum absolute atomic E-state index is 13.5. The Morgan fingerprint density at radius 1 is 1.17 bits per heavy atom. The highest BCUT2D eigenvalue weighted by molar-refractivity contribution is 8.00. The van der Waals surface area contributed by atoms with E-state index in [0.717, 1.165) is 52.9 Å². The van der Waals surface area contributed by atoms with Crippen molar-refractivity contribution in [3.8, 4) is 5.69 Å². The number of hydrogen-bond acceptors (Lipinski definition) is 9. The van der Waals surface area contributed by atoms with Crippen molar-refractivity contribution in [1.29, 1.82) is 0 Å². The Morgan fingerprint density at radius 3 is 2.74 bits per heavy atom. The number of rotatable bonds is 10. The molecule has 3 heterocycles. The number of amides is 2. The SMILES string of the molecule is CCOC(=O)c1c(NC(=O)C(C)Sc2nnc(CNC(=O)c3ccco3)n2-c2cc(C)ccc2C)sc2c1CCCC2. The maximum atomic E-state index is 13.5. The predicted octanol–water partition coefficient (Wildman–Crippen LogP) is 5.64. The number of carbonyl (C=O) groups is 3. The summed E-state index contributed by atoms with van der Waals surface area (Å²) in [4.78, 5) is 40.0. The van der Waals surface area contributed by atoms with Gasteiger partial charge >= 0.3 is 5.97 Å². The number of carbonyl (C=O) groups excluding carboxylic acids is 3. The van der Waals surface area contributed by atoms with Gasteiger partial charge in [0.1, 0.15) is 5.00 Å². The van der Waals surface area contributed by atoms with Gasteiger partial charge in [-0.2, -0.15) is 0 Å². The Bertz CT molecular complexity index is 1610. The molecular weight excluding hydrogens is 574 g/mol. The van der Waals surface area contributed by atoms with Gasteiger partial charge in [0.25, 0.3) is 5.91 Å². The van der Waals surface area contributed by atoms with Gasteiger partial charge in [-0.25, -0.2) is 4.79 Å². The van der Waals surface area contributed by atoms with E-state index in [-0.39, 0.29) is 30.7 Å². The van der Waals surface area contributed by atoms with Crippen LogP contribution in [0.3, 0.4) is 0 Å². The highest BCUT2D eigenvalue weighted by Gasteiger charge is 2.29. The van der Waals surface area contributed by atoms with Crippen LogP contribution in [-0.4, -0.2) is 44.4 Å². The number of thiophene rings is 1. The molecule has 1 aliphatic rings. The molecule has 2 amide bonds. The van der Waals surface area contributed by atoms with Crippen LogP contribution in [0, 0.1) is 13.8 Å². The van der Waals surface area contributed by atoms with Gasteiger partial charge in [0.15, 0.2) is 16.7 Å². The van der Waals surface area contributed by atoms with Crippen molar-refractivity contribution in [3.05, 3.63) is 75.3 Å². The lowest BCUT2D eigenvalue weighted by Crippen LogP contribution is -2.25. The Hall–Kier alpha value is -3.90. The van der Waals surface area contributed by atoms with Crippen LogP contribution in [-0.2, 0) is 28.9 Å². The molecule has 42 heavy (non-hydrogen) atoms. The van der Waals surface area contributed by atoms with Crippen molar-refractivity contribution in [3.63, 3.8) is 0 Å². The molecule has 1 atom stereocenters. The molecule has 0 spiro atoms. The number of aromatic nitrogens is 3. The molecule has 2 N–H and O–H groups in total. The lowest BCUT2D eigenvalue weighted by atomic mass is 9.95. The quantitative estimate of drug-likeness (QED) is 0.175. The fraction of sp³-hybridized carbons (Fsp3) is 0.367.